The molecule has 2 aliphatic rings. The van der Waals surface area contributed by atoms with Crippen LogP contribution in [-0.2, 0) is 0 Å². The highest BCUT2D eigenvalue weighted by Crippen LogP contribution is 2.25. The summed E-state index contributed by atoms with van der Waals surface area (Å²) in [6, 6.07) is 0. The Morgan fingerprint density at radius 2 is 1.27 bits per heavy atom. The molecule has 1 aliphatic carbocycles. The summed E-state index contributed by atoms with van der Waals surface area (Å²) < 4.78 is 0. The fourth-order valence-corrected chi connectivity index (χ4v) is 2.68. The topological polar surface area (TPSA) is 12.0 Å². The summed E-state index contributed by atoms with van der Waals surface area (Å²) in [6.45, 7) is 2.44. The molecule has 0 bridgehead atoms. The molecule has 0 aromatic carbocycles. The fraction of sp³-hybridized carbons (Fsp3) is 0.846. The Bertz CT molecular complexity index is 159. The largest absolute Gasteiger partial charge is 0.317 e. The molecule has 1 saturated carbocycles. The molecule has 88 valence electrons. The average molecular weight is 230 g/mol. The predicted octanol–water partition coefficient (Wildman–Crippen LogP) is 3.54. The van der Waals surface area contributed by atoms with Crippen molar-refractivity contribution in [3.63, 3.8) is 0 Å². The van der Waals surface area contributed by atoms with Gasteiger partial charge in [0.2, 0.25) is 0 Å². The molecule has 0 spiro atoms. The maximum Gasteiger partial charge on any atom is -0.00433 e. The van der Waals surface area contributed by atoms with Crippen LogP contribution in [0.4, 0.5) is 0 Å². The molecule has 1 nitrogen and oxygen atoms in total. The first-order valence-electron chi connectivity index (χ1n) is 6.34. The molecule has 0 amide bonds. The summed E-state index contributed by atoms with van der Waals surface area (Å²) in [5.41, 5.74) is 0. The van der Waals surface area contributed by atoms with Crippen molar-refractivity contribution in [1.29, 1.82) is 0 Å². The Kier molecular flexibility index (Phi) is 6.35. The summed E-state index contributed by atoms with van der Waals surface area (Å²) >= 11 is 0. The lowest BCUT2D eigenvalue weighted by Gasteiger charge is -2.22. The molecule has 1 saturated heterocycles. The molecular formula is C13H24ClN. The molecule has 0 atom stereocenters. The maximum atomic E-state index is 3.42. The number of allylic oxidation sites excluding steroid dienone is 2. The minimum absolute atomic E-state index is 0. The lowest BCUT2D eigenvalue weighted by atomic mass is 9.87. The van der Waals surface area contributed by atoms with Crippen LogP contribution in [0.15, 0.2) is 12.2 Å². The Morgan fingerprint density at radius 1 is 0.733 bits per heavy atom. The van der Waals surface area contributed by atoms with Gasteiger partial charge in [0.25, 0.3) is 0 Å². The van der Waals surface area contributed by atoms with Gasteiger partial charge in [-0.25, -0.2) is 0 Å². The van der Waals surface area contributed by atoms with Crippen LogP contribution in [0.2, 0.25) is 0 Å². The second-order valence-electron chi connectivity index (χ2n) is 4.87. The van der Waals surface area contributed by atoms with Gasteiger partial charge in [-0.15, -0.1) is 12.4 Å². The zero-order valence-corrected chi connectivity index (χ0v) is 10.4. The van der Waals surface area contributed by atoms with Crippen LogP contribution < -0.4 is 5.32 Å². The minimum Gasteiger partial charge on any atom is -0.317 e. The van der Waals surface area contributed by atoms with Gasteiger partial charge in [0.1, 0.15) is 0 Å². The monoisotopic (exact) mass is 229 g/mol. The highest BCUT2D eigenvalue weighted by molar-refractivity contribution is 5.85. The quantitative estimate of drug-likeness (QED) is 0.715. The zero-order valence-electron chi connectivity index (χ0n) is 9.58. The van der Waals surface area contributed by atoms with E-state index in [9.17, 15) is 0 Å². The van der Waals surface area contributed by atoms with Gasteiger partial charge in [-0.3, -0.25) is 0 Å². The van der Waals surface area contributed by atoms with E-state index >= 15 is 0 Å². The maximum absolute atomic E-state index is 3.42. The van der Waals surface area contributed by atoms with E-state index < -0.39 is 0 Å². The van der Waals surface area contributed by atoms with Crippen molar-refractivity contribution in [3.05, 3.63) is 12.2 Å². The van der Waals surface area contributed by atoms with Gasteiger partial charge < -0.3 is 5.32 Å². The van der Waals surface area contributed by atoms with Crippen molar-refractivity contribution in [2.45, 2.75) is 44.9 Å². The van der Waals surface area contributed by atoms with Crippen molar-refractivity contribution >= 4 is 12.4 Å². The van der Waals surface area contributed by atoms with E-state index in [0.29, 0.717) is 0 Å². The molecule has 0 aromatic rings. The van der Waals surface area contributed by atoms with Gasteiger partial charge in [-0.2, -0.15) is 0 Å². The molecule has 0 unspecified atom stereocenters. The van der Waals surface area contributed by atoms with Gasteiger partial charge in [0, 0.05) is 0 Å². The molecule has 0 radical (unpaired) electrons. The second-order valence-corrected chi connectivity index (χ2v) is 4.87. The van der Waals surface area contributed by atoms with Crippen LogP contribution in [0.3, 0.4) is 0 Å². The first-order valence-corrected chi connectivity index (χ1v) is 6.34. The molecule has 2 rings (SSSR count). The van der Waals surface area contributed by atoms with E-state index in [1.807, 2.05) is 0 Å². The molecule has 1 aliphatic heterocycles. The van der Waals surface area contributed by atoms with Crippen molar-refractivity contribution in [3.8, 4) is 0 Å². The zero-order chi connectivity index (χ0) is 9.64. The van der Waals surface area contributed by atoms with Crippen molar-refractivity contribution in [2.75, 3.05) is 13.1 Å². The number of hydrogen-bond donors (Lipinski definition) is 1. The van der Waals surface area contributed by atoms with Gasteiger partial charge in [-0.1, -0.05) is 31.4 Å². The van der Waals surface area contributed by atoms with Crippen molar-refractivity contribution in [2.24, 2.45) is 11.8 Å². The van der Waals surface area contributed by atoms with Crippen LogP contribution in [0.5, 0.6) is 0 Å². The van der Waals surface area contributed by atoms with E-state index in [0.717, 1.165) is 11.8 Å². The van der Waals surface area contributed by atoms with Crippen LogP contribution in [0.25, 0.3) is 0 Å². The number of rotatable bonds is 2. The Labute approximate surface area is 100 Å². The van der Waals surface area contributed by atoms with E-state index in [-0.39, 0.29) is 12.4 Å². The molecule has 1 N–H and O–H groups in total. The first kappa shape index (κ1) is 13.1. The smallest absolute Gasteiger partial charge is 0.00433 e. The third-order valence-electron chi connectivity index (χ3n) is 3.69. The van der Waals surface area contributed by atoms with Crippen LogP contribution in [-0.4, -0.2) is 13.1 Å². The third-order valence-corrected chi connectivity index (χ3v) is 3.69. The van der Waals surface area contributed by atoms with E-state index in [1.54, 1.807) is 0 Å². The van der Waals surface area contributed by atoms with Gasteiger partial charge in [-0.05, 0) is 50.6 Å². The average Bonchev–Trinajstić information content (AvgIpc) is 2.29. The molecule has 0 aromatic heterocycles. The van der Waals surface area contributed by atoms with Crippen molar-refractivity contribution in [1.82, 2.24) is 5.32 Å². The summed E-state index contributed by atoms with van der Waals surface area (Å²) in [6.07, 6.45) is 15.0. The van der Waals surface area contributed by atoms with Gasteiger partial charge in [0.05, 0.1) is 0 Å². The minimum atomic E-state index is 0. The third kappa shape index (κ3) is 4.56. The summed E-state index contributed by atoms with van der Waals surface area (Å²) in [7, 11) is 0. The van der Waals surface area contributed by atoms with E-state index in [1.165, 1.54) is 58.0 Å². The highest BCUT2D eigenvalue weighted by Gasteiger charge is 2.12. The molecule has 2 fully saturated rings. The van der Waals surface area contributed by atoms with Crippen LogP contribution in [0, 0.1) is 11.8 Å². The second kappa shape index (κ2) is 7.29. The Morgan fingerprint density at radius 3 is 1.87 bits per heavy atom. The normalized spacial score (nSPS) is 25.3. The molecule has 15 heavy (non-hydrogen) atoms. The lowest BCUT2D eigenvalue weighted by Crippen LogP contribution is -2.26. The van der Waals surface area contributed by atoms with Crippen LogP contribution >= 0.6 is 12.4 Å². The van der Waals surface area contributed by atoms with E-state index in [4.69, 9.17) is 0 Å². The Hall–Kier alpha value is -0.0100. The standard InChI is InChI=1S/C13H23N.ClH/c1-2-4-12(5-3-1)6-7-13-8-10-14-11-9-13;/h6-7,12-14H,1-5,8-11H2;1H/b7-6+;. The SMILES string of the molecule is C(=C\C1CCNCC1)/C1CCCCC1.Cl. The molecule has 2 heteroatoms. The highest BCUT2D eigenvalue weighted by atomic mass is 35.5. The summed E-state index contributed by atoms with van der Waals surface area (Å²) in [5, 5.41) is 3.42. The lowest BCUT2D eigenvalue weighted by molar-refractivity contribution is 0.407. The first-order chi connectivity index (χ1) is 6.95. The van der Waals surface area contributed by atoms with Crippen molar-refractivity contribution < 1.29 is 0 Å². The van der Waals surface area contributed by atoms with E-state index in [2.05, 4.69) is 17.5 Å². The molecule has 1 heterocycles. The number of piperidine rings is 1. The number of hydrogen-bond acceptors (Lipinski definition) is 1. The Balaban J connectivity index is 0.00000112. The summed E-state index contributed by atoms with van der Waals surface area (Å²) in [4.78, 5) is 0. The van der Waals surface area contributed by atoms with Gasteiger partial charge in [0.15, 0.2) is 0 Å². The predicted molar refractivity (Wildman–Crippen MR) is 68.6 cm³/mol. The number of nitrogens with one attached hydrogen (secondary N) is 1. The van der Waals surface area contributed by atoms with Gasteiger partial charge >= 0.3 is 0 Å². The fourth-order valence-electron chi connectivity index (χ4n) is 2.68. The van der Waals surface area contributed by atoms with Crippen LogP contribution in [0.1, 0.15) is 44.9 Å². The molecular weight excluding hydrogens is 206 g/mol. The number of halogens is 1. The summed E-state index contributed by atoms with van der Waals surface area (Å²) in [5.74, 6) is 1.79.